The second-order valence-corrected chi connectivity index (χ2v) is 13.0. The van der Waals surface area contributed by atoms with Gasteiger partial charge in [0.2, 0.25) is 23.8 Å². The molecule has 262 valence electrons. The van der Waals surface area contributed by atoms with Crippen molar-refractivity contribution in [1.29, 1.82) is 0 Å². The average Bonchev–Trinajstić information content (AvgIpc) is 3.20. The molecule has 0 aliphatic carbocycles. The molecule has 5 heterocycles. The highest BCUT2D eigenvalue weighted by Crippen LogP contribution is 2.63. The molecule has 1 amide bonds. The fourth-order valence-electron chi connectivity index (χ4n) is 7.60. The molecule has 14 heteroatoms. The average molecular weight is 699 g/mol. The van der Waals surface area contributed by atoms with Gasteiger partial charge in [0.1, 0.15) is 16.9 Å². The van der Waals surface area contributed by atoms with Crippen LogP contribution in [0.1, 0.15) is 22.7 Å². The summed E-state index contributed by atoms with van der Waals surface area (Å²) >= 11 is 0. The minimum Gasteiger partial charge on any atom is -0.457 e. The van der Waals surface area contributed by atoms with Crippen LogP contribution in [0.2, 0.25) is 0 Å². The summed E-state index contributed by atoms with van der Waals surface area (Å²) in [4.78, 5) is 46.3. The maximum atomic E-state index is 14.9. The number of β-lactam (4-membered cyclic amide) rings is 1. The van der Waals surface area contributed by atoms with Gasteiger partial charge in [-0.25, -0.2) is 0 Å². The third-order valence-corrected chi connectivity index (χ3v) is 10.1. The number of rotatable bonds is 7. The Morgan fingerprint density at radius 2 is 1.25 bits per heavy atom. The number of benzene rings is 4. The second-order valence-electron chi connectivity index (χ2n) is 13.0. The highest BCUT2D eigenvalue weighted by atomic mass is 16.6. The number of amides is 1. The van der Waals surface area contributed by atoms with Crippen LogP contribution >= 0.6 is 0 Å². The van der Waals surface area contributed by atoms with E-state index in [4.69, 9.17) is 29.2 Å². The van der Waals surface area contributed by atoms with Gasteiger partial charge in [0, 0.05) is 60.8 Å². The molecule has 4 aliphatic heterocycles. The zero-order valence-corrected chi connectivity index (χ0v) is 28.1. The Hall–Kier alpha value is -6.12. The lowest BCUT2D eigenvalue weighted by Gasteiger charge is -2.58. The van der Waals surface area contributed by atoms with Crippen molar-refractivity contribution in [3.05, 3.63) is 124 Å². The zero-order chi connectivity index (χ0) is 35.2. The number of morpholine rings is 2. The van der Waals surface area contributed by atoms with E-state index >= 15 is 0 Å². The third-order valence-electron chi connectivity index (χ3n) is 10.1. The van der Waals surface area contributed by atoms with Crippen LogP contribution in [0.25, 0.3) is 0 Å². The highest BCUT2D eigenvalue weighted by molar-refractivity contribution is 6.14. The Balaban J connectivity index is 1.08. The fourth-order valence-corrected chi connectivity index (χ4v) is 7.60. The predicted octanol–water partition coefficient (Wildman–Crippen LogP) is 5.38. The van der Waals surface area contributed by atoms with Crippen molar-refractivity contribution in [1.82, 2.24) is 15.0 Å². The van der Waals surface area contributed by atoms with Crippen LogP contribution in [0, 0.1) is 10.1 Å². The molecule has 0 saturated carbocycles. The number of hydrogen-bond acceptors (Lipinski definition) is 12. The topological polar surface area (TPSA) is 148 Å². The first-order valence-corrected chi connectivity index (χ1v) is 17.2. The first-order chi connectivity index (χ1) is 25.5. The molecule has 9 rings (SSSR count). The predicted molar refractivity (Wildman–Crippen MR) is 193 cm³/mol. The number of nitro benzene ring substituents is 1. The molecule has 3 saturated heterocycles. The van der Waals surface area contributed by atoms with Gasteiger partial charge in [-0.2, -0.15) is 15.0 Å². The summed E-state index contributed by atoms with van der Waals surface area (Å²) in [5.41, 5.74) is 2.52. The number of hydrogen-bond donors (Lipinski definition) is 1. The molecule has 1 spiro atoms. The van der Waals surface area contributed by atoms with Crippen LogP contribution in [-0.4, -0.2) is 78.4 Å². The van der Waals surface area contributed by atoms with Crippen molar-refractivity contribution < 1.29 is 23.9 Å². The quantitative estimate of drug-likeness (QED) is 0.132. The van der Waals surface area contributed by atoms with Gasteiger partial charge in [0.05, 0.1) is 37.4 Å². The summed E-state index contributed by atoms with van der Waals surface area (Å²) in [7, 11) is 0. The Morgan fingerprint density at radius 3 is 1.79 bits per heavy atom. The lowest BCUT2D eigenvalue weighted by molar-refractivity contribution is -0.384. The summed E-state index contributed by atoms with van der Waals surface area (Å²) in [5, 5.41) is 14.9. The number of nitrogens with one attached hydrogen (secondary N) is 1. The Kier molecular flexibility index (Phi) is 7.89. The van der Waals surface area contributed by atoms with Gasteiger partial charge in [-0.3, -0.25) is 14.9 Å². The van der Waals surface area contributed by atoms with E-state index < -0.39 is 16.4 Å². The summed E-state index contributed by atoms with van der Waals surface area (Å²) in [6.07, 6.45) is 0. The number of aromatic nitrogens is 3. The molecule has 4 aromatic carbocycles. The van der Waals surface area contributed by atoms with E-state index in [-0.39, 0.29) is 11.6 Å². The van der Waals surface area contributed by atoms with Gasteiger partial charge in [-0.15, -0.1) is 0 Å². The molecular formula is C38H34N8O6. The van der Waals surface area contributed by atoms with E-state index in [9.17, 15) is 14.9 Å². The van der Waals surface area contributed by atoms with Crippen molar-refractivity contribution in [2.24, 2.45) is 0 Å². The molecule has 4 aliphatic rings. The van der Waals surface area contributed by atoms with Crippen molar-refractivity contribution in [3.8, 4) is 11.5 Å². The molecular weight excluding hydrogens is 664 g/mol. The number of para-hydroxylation sites is 2. The molecule has 3 fully saturated rings. The van der Waals surface area contributed by atoms with Gasteiger partial charge in [0.15, 0.2) is 0 Å². The van der Waals surface area contributed by atoms with Crippen molar-refractivity contribution >= 4 is 40.8 Å². The number of nitro groups is 1. The van der Waals surface area contributed by atoms with Crippen molar-refractivity contribution in [2.75, 3.05) is 72.6 Å². The van der Waals surface area contributed by atoms with Crippen molar-refractivity contribution in [3.63, 3.8) is 0 Å². The smallest absolute Gasteiger partial charge is 0.269 e. The molecule has 0 bridgehead atoms. The standard InChI is InChI=1S/C38H34N8O6/c47-34-38(29-5-1-3-7-31(29)52-32-8-4-2-6-30(32)38)33(25-9-13-28(14-10-25)46(48)49)45(34)27-15-11-26(12-16-27)39-35-40-36(43-17-21-50-22-18-43)42-37(41-35)44-19-23-51-24-20-44/h1-16,33H,17-24H2,(H,39,40,41,42). The van der Waals surface area contributed by atoms with Gasteiger partial charge in [-0.05, 0) is 42.0 Å². The molecule has 52 heavy (non-hydrogen) atoms. The van der Waals surface area contributed by atoms with Crippen LogP contribution in [-0.2, 0) is 19.7 Å². The van der Waals surface area contributed by atoms with E-state index in [0.29, 0.717) is 87.6 Å². The van der Waals surface area contributed by atoms with Gasteiger partial charge >= 0.3 is 0 Å². The molecule has 1 N–H and O–H groups in total. The van der Waals surface area contributed by atoms with E-state index in [1.54, 1.807) is 17.0 Å². The minimum atomic E-state index is -1.12. The lowest BCUT2D eigenvalue weighted by Crippen LogP contribution is -2.67. The maximum absolute atomic E-state index is 14.9. The number of carbonyl (C=O) groups excluding carboxylic acids is 1. The van der Waals surface area contributed by atoms with Crippen LogP contribution < -0.4 is 24.8 Å². The first kappa shape index (κ1) is 31.8. The molecule has 1 unspecified atom stereocenters. The number of ether oxygens (including phenoxy) is 3. The van der Waals surface area contributed by atoms with Crippen molar-refractivity contribution in [2.45, 2.75) is 11.5 Å². The second kappa shape index (κ2) is 12.9. The van der Waals surface area contributed by atoms with Crippen LogP contribution in [0.4, 0.5) is 34.9 Å². The molecule has 1 aromatic heterocycles. The molecule has 5 aromatic rings. The largest absolute Gasteiger partial charge is 0.457 e. The van der Waals surface area contributed by atoms with Gasteiger partial charge in [0.25, 0.3) is 5.69 Å². The molecule has 0 radical (unpaired) electrons. The van der Waals surface area contributed by atoms with Crippen LogP contribution in [0.3, 0.4) is 0 Å². The monoisotopic (exact) mass is 698 g/mol. The third kappa shape index (κ3) is 5.26. The Labute approximate surface area is 298 Å². The van der Waals surface area contributed by atoms with Gasteiger partial charge < -0.3 is 34.2 Å². The number of anilines is 5. The van der Waals surface area contributed by atoms with Crippen LogP contribution in [0.5, 0.6) is 11.5 Å². The minimum absolute atomic E-state index is 0.0231. The summed E-state index contributed by atoms with van der Waals surface area (Å²) in [6, 6.07) is 28.6. The molecule has 14 nitrogen and oxygen atoms in total. The normalized spacial score (nSPS) is 19.0. The van der Waals surface area contributed by atoms with Crippen LogP contribution in [0.15, 0.2) is 97.1 Å². The lowest BCUT2D eigenvalue weighted by atomic mass is 9.58. The Bertz CT molecular complexity index is 2070. The summed E-state index contributed by atoms with van der Waals surface area (Å²) in [6.45, 7) is 5.14. The number of nitrogens with zero attached hydrogens (tertiary/aromatic N) is 7. The maximum Gasteiger partial charge on any atom is 0.269 e. The summed E-state index contributed by atoms with van der Waals surface area (Å²) in [5.74, 6) is 2.65. The van der Waals surface area contributed by atoms with E-state index in [2.05, 4.69) is 15.1 Å². The number of carbonyl (C=O) groups is 1. The van der Waals surface area contributed by atoms with E-state index in [1.165, 1.54) is 12.1 Å². The Morgan fingerprint density at radius 1 is 0.712 bits per heavy atom. The zero-order valence-electron chi connectivity index (χ0n) is 28.1. The van der Waals surface area contributed by atoms with E-state index in [0.717, 1.165) is 22.4 Å². The highest BCUT2D eigenvalue weighted by Gasteiger charge is 2.66. The fraction of sp³-hybridized carbons (Fsp3) is 0.263. The molecule has 1 atom stereocenters. The van der Waals surface area contributed by atoms with Gasteiger partial charge in [-0.1, -0.05) is 48.5 Å². The SMILES string of the molecule is O=C1N(c2ccc(Nc3nc(N4CCOCC4)nc(N4CCOCC4)n3)cc2)C(c2ccc([N+](=O)[O-])cc2)C12c1ccccc1Oc1ccccc12. The summed E-state index contributed by atoms with van der Waals surface area (Å²) < 4.78 is 17.4. The number of non-ortho nitro benzene ring substituents is 1. The number of fused-ring (bicyclic) bond motifs is 4. The van der Waals surface area contributed by atoms with E-state index in [1.807, 2.05) is 72.8 Å². The first-order valence-electron chi connectivity index (χ1n) is 17.2.